The Hall–Kier alpha value is -0.410. The van der Waals surface area contributed by atoms with Crippen LogP contribution in [0.5, 0.6) is 0 Å². The summed E-state index contributed by atoms with van der Waals surface area (Å²) >= 11 is 0. The van der Waals surface area contributed by atoms with Gasteiger partial charge in [0.25, 0.3) is 0 Å². The summed E-state index contributed by atoms with van der Waals surface area (Å²) in [6, 6.07) is 0.591. The Morgan fingerprint density at radius 1 is 1.53 bits per heavy atom. The maximum absolute atomic E-state index is 11.8. The molecule has 15 heavy (non-hydrogen) atoms. The molecule has 0 aliphatic carbocycles. The third-order valence-electron chi connectivity index (χ3n) is 3.36. The summed E-state index contributed by atoms with van der Waals surface area (Å²) in [6.07, 6.45) is 3.01. The van der Waals surface area contributed by atoms with E-state index in [4.69, 9.17) is 4.74 Å². The topological polar surface area (TPSA) is 29.5 Å². The van der Waals surface area contributed by atoms with Gasteiger partial charge in [0.05, 0.1) is 6.61 Å². The lowest BCUT2D eigenvalue weighted by molar-refractivity contribution is -0.139. The average Bonchev–Trinajstić information content (AvgIpc) is 2.62. The first-order chi connectivity index (χ1) is 7.16. The van der Waals surface area contributed by atoms with Gasteiger partial charge in [-0.15, -0.1) is 0 Å². The molecule has 2 rings (SSSR count). The van der Waals surface area contributed by atoms with E-state index in [1.54, 1.807) is 0 Å². The fraction of sp³-hybridized carbons (Fsp3) is 0.917. The molecule has 3 heteroatoms. The van der Waals surface area contributed by atoms with Crippen LogP contribution in [-0.2, 0) is 9.53 Å². The van der Waals surface area contributed by atoms with Gasteiger partial charge in [-0.25, -0.2) is 0 Å². The number of morpholine rings is 1. The molecule has 86 valence electrons. The van der Waals surface area contributed by atoms with Crippen LogP contribution in [0.3, 0.4) is 0 Å². The molecule has 0 radical (unpaired) electrons. The lowest BCUT2D eigenvalue weighted by Crippen LogP contribution is -2.49. The fourth-order valence-electron chi connectivity index (χ4n) is 2.55. The second-order valence-electron chi connectivity index (χ2n) is 5.18. The zero-order valence-electron chi connectivity index (χ0n) is 9.74. The van der Waals surface area contributed by atoms with Crippen molar-refractivity contribution < 1.29 is 9.53 Å². The van der Waals surface area contributed by atoms with E-state index in [2.05, 4.69) is 18.7 Å². The van der Waals surface area contributed by atoms with Gasteiger partial charge in [0, 0.05) is 19.0 Å². The van der Waals surface area contributed by atoms with Gasteiger partial charge in [-0.2, -0.15) is 0 Å². The largest absolute Gasteiger partial charge is 0.367 e. The number of hydrogen-bond acceptors (Lipinski definition) is 3. The van der Waals surface area contributed by atoms with Crippen molar-refractivity contribution in [2.24, 2.45) is 5.92 Å². The predicted molar refractivity (Wildman–Crippen MR) is 58.8 cm³/mol. The number of rotatable bonds is 3. The van der Waals surface area contributed by atoms with Gasteiger partial charge < -0.3 is 4.74 Å². The molecule has 0 spiro atoms. The summed E-state index contributed by atoms with van der Waals surface area (Å²) in [5, 5.41) is 0. The Morgan fingerprint density at radius 3 is 3.07 bits per heavy atom. The highest BCUT2D eigenvalue weighted by atomic mass is 16.5. The third-order valence-corrected chi connectivity index (χ3v) is 3.36. The van der Waals surface area contributed by atoms with E-state index in [1.165, 1.54) is 12.8 Å². The van der Waals surface area contributed by atoms with Gasteiger partial charge >= 0.3 is 0 Å². The molecule has 2 fully saturated rings. The van der Waals surface area contributed by atoms with Gasteiger partial charge in [-0.3, -0.25) is 9.69 Å². The van der Waals surface area contributed by atoms with Gasteiger partial charge in [-0.05, 0) is 25.3 Å². The smallest absolute Gasteiger partial charge is 0.163 e. The first kappa shape index (κ1) is 11.1. The molecule has 2 aliphatic heterocycles. The molecule has 0 amide bonds. The number of Topliss-reactive ketones (excluding diaryl/α,β-unsaturated/α-hetero) is 1. The summed E-state index contributed by atoms with van der Waals surface area (Å²) in [4.78, 5) is 14.3. The van der Waals surface area contributed by atoms with Gasteiger partial charge in [0.1, 0.15) is 6.10 Å². The van der Waals surface area contributed by atoms with Gasteiger partial charge in [-0.1, -0.05) is 13.8 Å². The minimum Gasteiger partial charge on any atom is -0.367 e. The van der Waals surface area contributed by atoms with Crippen LogP contribution in [0.25, 0.3) is 0 Å². The SMILES string of the molecule is CC(C)CC(=O)C1CN2CCCC2CO1. The standard InChI is InChI=1S/C12H21NO2/c1-9(2)6-11(14)12-7-13-5-3-4-10(13)8-15-12/h9-10,12H,3-8H2,1-2H3. The Bertz CT molecular complexity index is 240. The lowest BCUT2D eigenvalue weighted by Gasteiger charge is -2.34. The zero-order chi connectivity index (χ0) is 10.8. The number of carbonyl (C=O) groups excluding carboxylic acids is 1. The Morgan fingerprint density at radius 2 is 2.33 bits per heavy atom. The van der Waals surface area contributed by atoms with Crippen LogP contribution in [0.2, 0.25) is 0 Å². The normalized spacial score (nSPS) is 31.9. The molecule has 2 unspecified atom stereocenters. The first-order valence-electron chi connectivity index (χ1n) is 6.05. The minimum atomic E-state index is -0.151. The molecule has 2 aliphatic rings. The molecule has 0 aromatic heterocycles. The van der Waals surface area contributed by atoms with E-state index in [9.17, 15) is 4.79 Å². The molecule has 3 nitrogen and oxygen atoms in total. The summed E-state index contributed by atoms with van der Waals surface area (Å²) < 4.78 is 5.66. The van der Waals surface area contributed by atoms with Crippen molar-refractivity contribution in [1.29, 1.82) is 0 Å². The van der Waals surface area contributed by atoms with E-state index in [0.29, 0.717) is 18.4 Å². The molecule has 0 N–H and O–H groups in total. The highest BCUT2D eigenvalue weighted by Gasteiger charge is 2.34. The van der Waals surface area contributed by atoms with Crippen LogP contribution in [0.1, 0.15) is 33.1 Å². The van der Waals surface area contributed by atoms with Crippen molar-refractivity contribution in [1.82, 2.24) is 4.90 Å². The van der Waals surface area contributed by atoms with E-state index in [-0.39, 0.29) is 11.9 Å². The number of hydrogen-bond donors (Lipinski definition) is 0. The maximum Gasteiger partial charge on any atom is 0.163 e. The summed E-state index contributed by atoms with van der Waals surface area (Å²) in [6.45, 7) is 6.91. The molecule has 2 atom stereocenters. The van der Waals surface area contributed by atoms with E-state index in [0.717, 1.165) is 19.7 Å². The molecule has 0 aromatic rings. The van der Waals surface area contributed by atoms with Crippen molar-refractivity contribution in [3.8, 4) is 0 Å². The van der Waals surface area contributed by atoms with Crippen molar-refractivity contribution >= 4 is 5.78 Å². The number of ether oxygens (including phenoxy) is 1. The number of ketones is 1. The second kappa shape index (κ2) is 4.62. The van der Waals surface area contributed by atoms with Crippen LogP contribution in [0.4, 0.5) is 0 Å². The third kappa shape index (κ3) is 2.58. The van der Waals surface area contributed by atoms with E-state index < -0.39 is 0 Å². The summed E-state index contributed by atoms with van der Waals surface area (Å²) in [7, 11) is 0. The molecule has 2 heterocycles. The molecule has 0 saturated carbocycles. The quantitative estimate of drug-likeness (QED) is 0.708. The molecule has 0 aromatic carbocycles. The van der Waals surface area contributed by atoms with Crippen LogP contribution >= 0.6 is 0 Å². The number of carbonyl (C=O) groups is 1. The lowest BCUT2D eigenvalue weighted by atomic mass is 10.0. The van der Waals surface area contributed by atoms with Crippen LogP contribution in [-0.4, -0.2) is 42.5 Å². The van der Waals surface area contributed by atoms with Crippen molar-refractivity contribution in [2.75, 3.05) is 19.7 Å². The highest BCUT2D eigenvalue weighted by Crippen LogP contribution is 2.23. The predicted octanol–water partition coefficient (Wildman–Crippen LogP) is 1.46. The van der Waals surface area contributed by atoms with Crippen molar-refractivity contribution in [3.05, 3.63) is 0 Å². The molecular formula is C12H21NO2. The Balaban J connectivity index is 1.86. The van der Waals surface area contributed by atoms with Gasteiger partial charge in [0.15, 0.2) is 5.78 Å². The number of fused-ring (bicyclic) bond motifs is 1. The second-order valence-corrected chi connectivity index (χ2v) is 5.18. The minimum absolute atomic E-state index is 0.151. The van der Waals surface area contributed by atoms with E-state index >= 15 is 0 Å². The highest BCUT2D eigenvalue weighted by molar-refractivity contribution is 5.83. The summed E-state index contributed by atoms with van der Waals surface area (Å²) in [5.41, 5.74) is 0. The monoisotopic (exact) mass is 211 g/mol. The van der Waals surface area contributed by atoms with Crippen LogP contribution in [0, 0.1) is 5.92 Å². The van der Waals surface area contributed by atoms with E-state index in [1.807, 2.05) is 0 Å². The van der Waals surface area contributed by atoms with Crippen LogP contribution < -0.4 is 0 Å². The van der Waals surface area contributed by atoms with Crippen molar-refractivity contribution in [3.63, 3.8) is 0 Å². The van der Waals surface area contributed by atoms with Crippen LogP contribution in [0.15, 0.2) is 0 Å². The summed E-state index contributed by atoms with van der Waals surface area (Å²) in [5.74, 6) is 0.729. The van der Waals surface area contributed by atoms with Gasteiger partial charge in [0.2, 0.25) is 0 Å². The number of nitrogens with zero attached hydrogens (tertiary/aromatic N) is 1. The molecule has 0 bridgehead atoms. The Kier molecular flexibility index (Phi) is 3.42. The maximum atomic E-state index is 11.8. The molecular weight excluding hydrogens is 190 g/mol. The average molecular weight is 211 g/mol. The fourth-order valence-corrected chi connectivity index (χ4v) is 2.55. The Labute approximate surface area is 91.8 Å². The first-order valence-corrected chi connectivity index (χ1v) is 6.05. The van der Waals surface area contributed by atoms with Crippen molar-refractivity contribution in [2.45, 2.75) is 45.3 Å². The molecule has 2 saturated heterocycles. The zero-order valence-corrected chi connectivity index (χ0v) is 9.74.